The zero-order chi connectivity index (χ0) is 14.2. The Morgan fingerprint density at radius 2 is 1.72 bits per heavy atom. The molecule has 1 unspecified atom stereocenters. The van der Waals surface area contributed by atoms with Gasteiger partial charge in [-0.1, -0.05) is 0 Å². The van der Waals surface area contributed by atoms with Crippen molar-refractivity contribution in [1.29, 1.82) is 0 Å². The molecule has 18 heavy (non-hydrogen) atoms. The molecule has 106 valence electrons. The van der Waals surface area contributed by atoms with E-state index in [4.69, 9.17) is 14.2 Å². The minimum absolute atomic E-state index is 0.165. The smallest absolute Gasteiger partial charge is 0.316 e. The molecule has 5 heteroatoms. The largest absolute Gasteiger partial charge is 0.459 e. The number of hydrogen-bond donors (Lipinski definition) is 0. The summed E-state index contributed by atoms with van der Waals surface area (Å²) in [5, 5.41) is 0. The summed E-state index contributed by atoms with van der Waals surface area (Å²) >= 11 is 0. The fourth-order valence-electron chi connectivity index (χ4n) is 1.16. The normalized spacial score (nSPS) is 13.2. The molecule has 5 nitrogen and oxygen atoms in total. The first-order valence-electron chi connectivity index (χ1n) is 6.10. The van der Waals surface area contributed by atoms with Crippen LogP contribution in [0.2, 0.25) is 0 Å². The van der Waals surface area contributed by atoms with Crippen LogP contribution in [0.15, 0.2) is 0 Å². The van der Waals surface area contributed by atoms with E-state index in [0.717, 1.165) is 0 Å². The van der Waals surface area contributed by atoms with Gasteiger partial charge in [0.05, 0.1) is 19.8 Å². The quantitative estimate of drug-likeness (QED) is 0.377. The van der Waals surface area contributed by atoms with Gasteiger partial charge in [-0.25, -0.2) is 0 Å². The number of ether oxygens (including phenoxy) is 3. The lowest BCUT2D eigenvalue weighted by Crippen LogP contribution is -2.31. The van der Waals surface area contributed by atoms with E-state index < -0.39 is 17.5 Å². The Morgan fingerprint density at radius 1 is 1.11 bits per heavy atom. The van der Waals surface area contributed by atoms with E-state index in [2.05, 4.69) is 0 Å². The third kappa shape index (κ3) is 8.20. The summed E-state index contributed by atoms with van der Waals surface area (Å²) in [4.78, 5) is 23.3. The van der Waals surface area contributed by atoms with Crippen molar-refractivity contribution in [2.45, 2.75) is 39.7 Å². The van der Waals surface area contributed by atoms with Gasteiger partial charge < -0.3 is 14.2 Å². The molecule has 0 radical (unpaired) electrons. The lowest BCUT2D eigenvalue weighted by atomic mass is 10.0. The monoisotopic (exact) mass is 260 g/mol. The summed E-state index contributed by atoms with van der Waals surface area (Å²) in [6.07, 6.45) is 0.212. The van der Waals surface area contributed by atoms with Crippen molar-refractivity contribution in [2.24, 2.45) is 5.92 Å². The highest BCUT2D eigenvalue weighted by Crippen LogP contribution is 2.12. The standard InChI is InChI=1S/C13H24O5/c1-10(12(15)18-13(2,3)4)11(14)6-7-17-9-8-16-5/h10H,6-9H2,1-5H3. The second-order valence-corrected chi connectivity index (χ2v) is 5.08. The Kier molecular flexibility index (Phi) is 7.78. The third-order valence-corrected chi connectivity index (χ3v) is 2.17. The van der Waals surface area contributed by atoms with E-state index in [1.165, 1.54) is 0 Å². The molecule has 0 aromatic carbocycles. The number of esters is 1. The van der Waals surface area contributed by atoms with Crippen LogP contribution >= 0.6 is 0 Å². The number of methoxy groups -OCH3 is 1. The molecular weight excluding hydrogens is 236 g/mol. The van der Waals surface area contributed by atoms with Crippen LogP contribution in [0.1, 0.15) is 34.1 Å². The van der Waals surface area contributed by atoms with Crippen LogP contribution < -0.4 is 0 Å². The van der Waals surface area contributed by atoms with E-state index in [9.17, 15) is 9.59 Å². The first-order chi connectivity index (χ1) is 8.28. The third-order valence-electron chi connectivity index (χ3n) is 2.17. The molecule has 0 fully saturated rings. The number of ketones is 1. The van der Waals surface area contributed by atoms with Crippen LogP contribution in [0, 0.1) is 5.92 Å². The van der Waals surface area contributed by atoms with E-state index >= 15 is 0 Å². The minimum atomic E-state index is -0.741. The van der Waals surface area contributed by atoms with Gasteiger partial charge in [-0.15, -0.1) is 0 Å². The van der Waals surface area contributed by atoms with Crippen LogP contribution in [0.3, 0.4) is 0 Å². The van der Waals surface area contributed by atoms with E-state index in [0.29, 0.717) is 19.8 Å². The highest BCUT2D eigenvalue weighted by Gasteiger charge is 2.26. The van der Waals surface area contributed by atoms with Gasteiger partial charge in [0.15, 0.2) is 0 Å². The summed E-state index contributed by atoms with van der Waals surface area (Å²) < 4.78 is 15.1. The molecule has 0 N–H and O–H groups in total. The molecule has 0 aliphatic heterocycles. The molecule has 0 spiro atoms. The summed E-state index contributed by atoms with van der Waals surface area (Å²) in [7, 11) is 1.58. The lowest BCUT2D eigenvalue weighted by molar-refractivity contribution is -0.161. The molecular formula is C13H24O5. The summed E-state index contributed by atoms with van der Waals surface area (Å²) in [6, 6.07) is 0. The van der Waals surface area contributed by atoms with E-state index in [-0.39, 0.29) is 12.2 Å². The molecule has 0 aromatic rings. The zero-order valence-electron chi connectivity index (χ0n) is 11.9. The highest BCUT2D eigenvalue weighted by atomic mass is 16.6. The molecule has 1 atom stereocenters. The van der Waals surface area contributed by atoms with Gasteiger partial charge >= 0.3 is 5.97 Å². The number of hydrogen-bond acceptors (Lipinski definition) is 5. The summed E-state index contributed by atoms with van der Waals surface area (Å²) in [6.45, 7) is 8.13. The van der Waals surface area contributed by atoms with Crippen molar-refractivity contribution >= 4 is 11.8 Å². The van der Waals surface area contributed by atoms with Gasteiger partial charge in [-0.05, 0) is 27.7 Å². The fourth-order valence-corrected chi connectivity index (χ4v) is 1.16. The van der Waals surface area contributed by atoms with Gasteiger partial charge in [0.25, 0.3) is 0 Å². The Balaban J connectivity index is 3.92. The van der Waals surface area contributed by atoms with Gasteiger partial charge in [0.2, 0.25) is 0 Å². The minimum Gasteiger partial charge on any atom is -0.459 e. The van der Waals surface area contributed by atoms with Gasteiger partial charge in [0, 0.05) is 13.5 Å². The number of carbonyl (C=O) groups is 2. The molecule has 0 rings (SSSR count). The molecule has 0 aliphatic rings. The topological polar surface area (TPSA) is 61.8 Å². The molecule has 0 heterocycles. The Morgan fingerprint density at radius 3 is 2.22 bits per heavy atom. The molecule has 0 aromatic heterocycles. The van der Waals surface area contributed by atoms with Crippen LogP contribution in [-0.2, 0) is 23.8 Å². The van der Waals surface area contributed by atoms with Crippen LogP contribution in [0.4, 0.5) is 0 Å². The Hall–Kier alpha value is -0.940. The fraction of sp³-hybridized carbons (Fsp3) is 0.846. The van der Waals surface area contributed by atoms with E-state index in [1.54, 1.807) is 34.8 Å². The molecule has 0 aliphatic carbocycles. The van der Waals surface area contributed by atoms with Crippen molar-refractivity contribution in [3.63, 3.8) is 0 Å². The first kappa shape index (κ1) is 17.1. The Bertz CT molecular complexity index is 267. The SMILES string of the molecule is COCCOCCC(=O)C(C)C(=O)OC(C)(C)C. The molecule has 0 saturated carbocycles. The highest BCUT2D eigenvalue weighted by molar-refractivity contribution is 5.98. The van der Waals surface area contributed by atoms with Crippen molar-refractivity contribution in [2.75, 3.05) is 26.9 Å². The van der Waals surface area contributed by atoms with Crippen molar-refractivity contribution in [3.8, 4) is 0 Å². The number of Topliss-reactive ketones (excluding diaryl/α,β-unsaturated/α-hetero) is 1. The van der Waals surface area contributed by atoms with Gasteiger partial charge in [-0.2, -0.15) is 0 Å². The van der Waals surface area contributed by atoms with E-state index in [1.807, 2.05) is 0 Å². The average Bonchev–Trinajstić information content (AvgIpc) is 2.25. The molecule has 0 bridgehead atoms. The second kappa shape index (κ2) is 8.21. The van der Waals surface area contributed by atoms with Gasteiger partial charge in [0.1, 0.15) is 17.3 Å². The second-order valence-electron chi connectivity index (χ2n) is 5.08. The lowest BCUT2D eigenvalue weighted by Gasteiger charge is -2.21. The van der Waals surface area contributed by atoms with Crippen LogP contribution in [0.5, 0.6) is 0 Å². The molecule has 0 saturated heterocycles. The molecule has 0 amide bonds. The van der Waals surface area contributed by atoms with Crippen LogP contribution in [-0.4, -0.2) is 44.3 Å². The van der Waals surface area contributed by atoms with Crippen molar-refractivity contribution < 1.29 is 23.8 Å². The summed E-state index contributed by atoms with van der Waals surface area (Å²) in [5.41, 5.74) is -0.569. The van der Waals surface area contributed by atoms with Crippen molar-refractivity contribution in [1.82, 2.24) is 0 Å². The maximum Gasteiger partial charge on any atom is 0.316 e. The predicted molar refractivity (Wildman–Crippen MR) is 67.3 cm³/mol. The first-order valence-corrected chi connectivity index (χ1v) is 6.10. The van der Waals surface area contributed by atoms with Crippen molar-refractivity contribution in [3.05, 3.63) is 0 Å². The number of rotatable bonds is 8. The number of carbonyl (C=O) groups excluding carboxylic acids is 2. The Labute approximate surface area is 109 Å². The average molecular weight is 260 g/mol. The maximum absolute atomic E-state index is 11.7. The van der Waals surface area contributed by atoms with Gasteiger partial charge in [-0.3, -0.25) is 9.59 Å². The predicted octanol–water partition coefficient (Wildman–Crippen LogP) is 1.59. The maximum atomic E-state index is 11.7. The zero-order valence-corrected chi connectivity index (χ0v) is 11.9. The summed E-state index contributed by atoms with van der Waals surface area (Å²) in [5.74, 6) is -1.39. The van der Waals surface area contributed by atoms with Crippen LogP contribution in [0.25, 0.3) is 0 Å².